The van der Waals surface area contributed by atoms with Gasteiger partial charge in [0.25, 0.3) is 0 Å². The molecule has 0 aliphatic carbocycles. The number of hydrogen-bond donors (Lipinski definition) is 2. The van der Waals surface area contributed by atoms with Crippen LogP contribution in [0, 0.1) is 0 Å². The van der Waals surface area contributed by atoms with Crippen molar-refractivity contribution in [1.29, 1.82) is 0 Å². The molecule has 2 N–H and O–H groups in total. The highest BCUT2D eigenvalue weighted by Crippen LogP contribution is 2.12. The minimum Gasteiger partial charge on any atom is -0.394 e. The highest BCUT2D eigenvalue weighted by atomic mass is 16.5. The molecule has 0 saturated heterocycles. The van der Waals surface area contributed by atoms with Crippen LogP contribution in [0.5, 0.6) is 0 Å². The van der Waals surface area contributed by atoms with E-state index in [0.29, 0.717) is 13.2 Å². The predicted molar refractivity (Wildman–Crippen MR) is 71.4 cm³/mol. The molecular formula is C14H18N2O2. The quantitative estimate of drug-likeness (QED) is 0.724. The second-order valence-corrected chi connectivity index (χ2v) is 4.04. The third kappa shape index (κ3) is 3.77. The van der Waals surface area contributed by atoms with E-state index < -0.39 is 0 Å². The van der Waals surface area contributed by atoms with Crippen LogP contribution in [0.2, 0.25) is 0 Å². The second kappa shape index (κ2) is 7.06. The number of aliphatic hydroxyl groups excluding tert-OH is 1. The Balaban J connectivity index is 1.81. The van der Waals surface area contributed by atoms with Gasteiger partial charge in [0.05, 0.1) is 25.3 Å². The Hall–Kier alpha value is -1.49. The van der Waals surface area contributed by atoms with Crippen LogP contribution < -0.4 is 5.32 Å². The largest absolute Gasteiger partial charge is 0.394 e. The molecule has 0 aliphatic rings. The van der Waals surface area contributed by atoms with E-state index in [-0.39, 0.29) is 6.61 Å². The maximum atomic E-state index is 8.55. The fourth-order valence-corrected chi connectivity index (χ4v) is 1.78. The van der Waals surface area contributed by atoms with E-state index in [9.17, 15) is 0 Å². The molecule has 2 aromatic rings. The molecule has 2 rings (SSSR count). The number of aliphatic hydroxyl groups is 1. The molecule has 4 heteroatoms. The lowest BCUT2D eigenvalue weighted by Gasteiger charge is -2.06. The zero-order valence-corrected chi connectivity index (χ0v) is 10.3. The van der Waals surface area contributed by atoms with Crippen molar-refractivity contribution in [3.05, 3.63) is 42.1 Å². The molecule has 0 bridgehead atoms. The Bertz CT molecular complexity index is 488. The van der Waals surface area contributed by atoms with Crippen LogP contribution in [0.25, 0.3) is 10.9 Å². The van der Waals surface area contributed by atoms with Gasteiger partial charge in [-0.15, -0.1) is 0 Å². The Labute approximate surface area is 107 Å². The Morgan fingerprint density at radius 3 is 3.06 bits per heavy atom. The minimum absolute atomic E-state index is 0.0810. The summed E-state index contributed by atoms with van der Waals surface area (Å²) in [6.07, 6.45) is 1.80. The van der Waals surface area contributed by atoms with Gasteiger partial charge >= 0.3 is 0 Å². The number of ether oxygens (including phenoxy) is 1. The summed E-state index contributed by atoms with van der Waals surface area (Å²) in [7, 11) is 0. The highest BCUT2D eigenvalue weighted by molar-refractivity contribution is 5.78. The average molecular weight is 246 g/mol. The molecule has 0 radical (unpaired) electrons. The lowest BCUT2D eigenvalue weighted by Crippen LogP contribution is -2.19. The number of pyridine rings is 1. The van der Waals surface area contributed by atoms with E-state index in [0.717, 1.165) is 24.0 Å². The van der Waals surface area contributed by atoms with Crippen LogP contribution in [0.3, 0.4) is 0 Å². The minimum atomic E-state index is 0.0810. The van der Waals surface area contributed by atoms with Gasteiger partial charge in [0.2, 0.25) is 0 Å². The first-order valence-corrected chi connectivity index (χ1v) is 6.13. The van der Waals surface area contributed by atoms with E-state index in [1.807, 2.05) is 12.1 Å². The Kier molecular flexibility index (Phi) is 5.08. The zero-order valence-electron chi connectivity index (χ0n) is 10.3. The topological polar surface area (TPSA) is 54.4 Å². The number of fused-ring (bicyclic) bond motifs is 1. The van der Waals surface area contributed by atoms with Gasteiger partial charge < -0.3 is 15.2 Å². The molecule has 1 aromatic carbocycles. The molecule has 0 atom stereocenters. The van der Waals surface area contributed by atoms with Crippen molar-refractivity contribution in [3.63, 3.8) is 0 Å². The van der Waals surface area contributed by atoms with Crippen LogP contribution in [0.1, 0.15) is 5.56 Å². The van der Waals surface area contributed by atoms with Gasteiger partial charge in [-0.1, -0.05) is 12.1 Å². The summed E-state index contributed by atoms with van der Waals surface area (Å²) in [4.78, 5) is 4.29. The van der Waals surface area contributed by atoms with Crippen molar-refractivity contribution in [3.8, 4) is 0 Å². The Morgan fingerprint density at radius 2 is 2.17 bits per heavy atom. The number of nitrogens with one attached hydrogen (secondary N) is 1. The first kappa shape index (κ1) is 13.0. The highest BCUT2D eigenvalue weighted by Gasteiger charge is 1.96. The molecule has 4 nitrogen and oxygen atoms in total. The van der Waals surface area contributed by atoms with Gasteiger partial charge in [-0.3, -0.25) is 4.98 Å². The smallest absolute Gasteiger partial charge is 0.0702 e. The maximum absolute atomic E-state index is 8.55. The molecule has 0 saturated carbocycles. The van der Waals surface area contributed by atoms with Crippen LogP contribution in [0.15, 0.2) is 36.5 Å². The van der Waals surface area contributed by atoms with E-state index >= 15 is 0 Å². The molecule has 0 spiro atoms. The molecule has 1 aromatic heterocycles. The summed E-state index contributed by atoms with van der Waals surface area (Å²) in [6, 6.07) is 10.3. The van der Waals surface area contributed by atoms with Gasteiger partial charge in [0.15, 0.2) is 0 Å². The molecule has 96 valence electrons. The van der Waals surface area contributed by atoms with Crippen LogP contribution in [-0.2, 0) is 11.3 Å². The number of aromatic nitrogens is 1. The molecule has 0 amide bonds. The van der Waals surface area contributed by atoms with Gasteiger partial charge in [0.1, 0.15) is 0 Å². The summed E-state index contributed by atoms with van der Waals surface area (Å²) in [5, 5.41) is 13.0. The van der Waals surface area contributed by atoms with Gasteiger partial charge in [0, 0.05) is 24.7 Å². The normalized spacial score (nSPS) is 10.9. The molecular weight excluding hydrogens is 228 g/mol. The van der Waals surface area contributed by atoms with Crippen molar-refractivity contribution < 1.29 is 9.84 Å². The number of rotatable bonds is 7. The summed E-state index contributed by atoms with van der Waals surface area (Å²) >= 11 is 0. The number of benzene rings is 1. The maximum Gasteiger partial charge on any atom is 0.0702 e. The first-order chi connectivity index (χ1) is 8.90. The van der Waals surface area contributed by atoms with Crippen LogP contribution in [-0.4, -0.2) is 36.5 Å². The van der Waals surface area contributed by atoms with E-state index in [1.165, 1.54) is 5.56 Å². The standard InChI is InChI=1S/C14H18N2O2/c17-7-9-18-8-6-15-11-12-3-4-14-13(10-12)2-1-5-16-14/h1-5,10,15,17H,6-9,11H2. The summed E-state index contributed by atoms with van der Waals surface area (Å²) < 4.78 is 5.17. The van der Waals surface area contributed by atoms with Gasteiger partial charge in [-0.25, -0.2) is 0 Å². The van der Waals surface area contributed by atoms with E-state index in [1.54, 1.807) is 6.20 Å². The van der Waals surface area contributed by atoms with Crippen molar-refractivity contribution in [2.75, 3.05) is 26.4 Å². The van der Waals surface area contributed by atoms with E-state index in [2.05, 4.69) is 28.5 Å². The second-order valence-electron chi connectivity index (χ2n) is 4.04. The fourth-order valence-electron chi connectivity index (χ4n) is 1.78. The summed E-state index contributed by atoms with van der Waals surface area (Å²) in [5.74, 6) is 0. The summed E-state index contributed by atoms with van der Waals surface area (Å²) in [6.45, 7) is 2.70. The lowest BCUT2D eigenvalue weighted by atomic mass is 10.1. The SMILES string of the molecule is OCCOCCNCc1ccc2ncccc2c1. The lowest BCUT2D eigenvalue weighted by molar-refractivity contribution is 0.0938. The van der Waals surface area contributed by atoms with Gasteiger partial charge in [-0.05, 0) is 23.8 Å². The third-order valence-corrected chi connectivity index (χ3v) is 2.66. The first-order valence-electron chi connectivity index (χ1n) is 6.13. The van der Waals surface area contributed by atoms with E-state index in [4.69, 9.17) is 9.84 Å². The molecule has 0 aliphatic heterocycles. The number of nitrogens with zero attached hydrogens (tertiary/aromatic N) is 1. The zero-order chi connectivity index (χ0) is 12.6. The predicted octanol–water partition coefficient (Wildman–Crippen LogP) is 1.33. The average Bonchev–Trinajstić information content (AvgIpc) is 2.42. The molecule has 0 fully saturated rings. The molecule has 18 heavy (non-hydrogen) atoms. The van der Waals surface area contributed by atoms with Gasteiger partial charge in [-0.2, -0.15) is 0 Å². The van der Waals surface area contributed by atoms with Crippen LogP contribution >= 0.6 is 0 Å². The fraction of sp³-hybridized carbons (Fsp3) is 0.357. The summed E-state index contributed by atoms with van der Waals surface area (Å²) in [5.41, 5.74) is 2.25. The van der Waals surface area contributed by atoms with Crippen molar-refractivity contribution in [2.45, 2.75) is 6.54 Å². The van der Waals surface area contributed by atoms with Crippen molar-refractivity contribution >= 4 is 10.9 Å². The third-order valence-electron chi connectivity index (χ3n) is 2.66. The van der Waals surface area contributed by atoms with Crippen molar-refractivity contribution in [1.82, 2.24) is 10.3 Å². The van der Waals surface area contributed by atoms with Crippen molar-refractivity contribution in [2.24, 2.45) is 0 Å². The van der Waals surface area contributed by atoms with Crippen LogP contribution in [0.4, 0.5) is 0 Å². The monoisotopic (exact) mass is 246 g/mol. The molecule has 0 unspecified atom stereocenters. The number of hydrogen-bond acceptors (Lipinski definition) is 4. The Morgan fingerprint density at radius 1 is 1.22 bits per heavy atom. The molecule has 1 heterocycles.